The Hall–Kier alpha value is -1.17. The van der Waals surface area contributed by atoms with Gasteiger partial charge in [-0.15, -0.1) is 0 Å². The highest BCUT2D eigenvalue weighted by atomic mass is 16.6. The molecule has 0 saturated heterocycles. The van der Waals surface area contributed by atoms with Crippen molar-refractivity contribution in [2.24, 2.45) is 5.18 Å². The lowest BCUT2D eigenvalue weighted by Gasteiger charge is -2.30. The molecule has 17 heavy (non-hydrogen) atoms. The summed E-state index contributed by atoms with van der Waals surface area (Å²) >= 11 is 0. The van der Waals surface area contributed by atoms with E-state index in [0.717, 1.165) is 0 Å². The number of hydrogen-bond acceptors (Lipinski definition) is 5. The maximum atomic E-state index is 11.5. The first kappa shape index (κ1) is 13.9. The molecule has 1 amide bonds. The monoisotopic (exact) mass is 244 g/mol. The Kier molecular flexibility index (Phi) is 4.45. The quantitative estimate of drug-likeness (QED) is 0.721. The van der Waals surface area contributed by atoms with Crippen LogP contribution in [0.1, 0.15) is 40.0 Å². The zero-order chi connectivity index (χ0) is 13.1. The summed E-state index contributed by atoms with van der Waals surface area (Å²) in [6.07, 6.45) is 0.278. The molecule has 0 spiro atoms. The molecule has 1 fully saturated rings. The lowest BCUT2D eigenvalue weighted by molar-refractivity contribution is 0.0441. The van der Waals surface area contributed by atoms with Gasteiger partial charge in [0.15, 0.2) is 0 Å². The van der Waals surface area contributed by atoms with E-state index in [1.807, 2.05) is 0 Å². The second kappa shape index (κ2) is 5.44. The molecule has 0 aromatic carbocycles. The number of amides is 1. The second-order valence-corrected chi connectivity index (χ2v) is 5.40. The number of alkyl carbamates (subject to hydrolysis) is 1. The van der Waals surface area contributed by atoms with Crippen LogP contribution in [0.2, 0.25) is 0 Å². The van der Waals surface area contributed by atoms with Crippen molar-refractivity contribution in [2.45, 2.75) is 63.8 Å². The number of aliphatic hydroxyl groups excluding tert-OH is 1. The fourth-order valence-electron chi connectivity index (χ4n) is 1.85. The number of nitrogens with zero attached hydrogens (tertiary/aromatic N) is 1. The average molecular weight is 244 g/mol. The zero-order valence-corrected chi connectivity index (χ0v) is 10.5. The third-order valence-corrected chi connectivity index (χ3v) is 2.64. The summed E-state index contributed by atoms with van der Waals surface area (Å²) in [5, 5.41) is 15.0. The highest BCUT2D eigenvalue weighted by molar-refractivity contribution is 5.68. The smallest absolute Gasteiger partial charge is 0.407 e. The molecule has 1 aliphatic rings. The number of hydrogen-bond donors (Lipinski definition) is 2. The van der Waals surface area contributed by atoms with E-state index in [0.29, 0.717) is 19.3 Å². The third-order valence-electron chi connectivity index (χ3n) is 2.64. The van der Waals surface area contributed by atoms with Gasteiger partial charge in [0, 0.05) is 6.04 Å². The summed E-state index contributed by atoms with van der Waals surface area (Å²) in [6.45, 7) is 5.35. The number of nitroso groups, excluding NO2 is 1. The lowest BCUT2D eigenvalue weighted by atomic mass is 9.89. The van der Waals surface area contributed by atoms with Crippen LogP contribution < -0.4 is 5.32 Å². The maximum absolute atomic E-state index is 11.5. The molecule has 0 heterocycles. The Morgan fingerprint density at radius 1 is 1.41 bits per heavy atom. The number of carbonyl (C=O) groups is 1. The van der Waals surface area contributed by atoms with Gasteiger partial charge in [0.2, 0.25) is 0 Å². The predicted molar refractivity (Wildman–Crippen MR) is 62.6 cm³/mol. The van der Waals surface area contributed by atoms with Crippen molar-refractivity contribution < 1.29 is 14.6 Å². The summed E-state index contributed by atoms with van der Waals surface area (Å²) in [7, 11) is 0. The Morgan fingerprint density at radius 2 is 2.06 bits per heavy atom. The third kappa shape index (κ3) is 4.68. The van der Waals surface area contributed by atoms with Crippen molar-refractivity contribution in [3.05, 3.63) is 4.91 Å². The van der Waals surface area contributed by atoms with Crippen LogP contribution in [-0.2, 0) is 4.74 Å². The van der Waals surface area contributed by atoms with Crippen molar-refractivity contribution in [3.8, 4) is 0 Å². The molecule has 98 valence electrons. The lowest BCUT2D eigenvalue weighted by Crippen LogP contribution is -2.45. The molecule has 2 N–H and O–H groups in total. The van der Waals surface area contributed by atoms with Crippen molar-refractivity contribution in [3.63, 3.8) is 0 Å². The van der Waals surface area contributed by atoms with Crippen molar-refractivity contribution in [1.29, 1.82) is 0 Å². The van der Waals surface area contributed by atoms with E-state index in [4.69, 9.17) is 4.74 Å². The highest BCUT2D eigenvalue weighted by Gasteiger charge is 2.31. The van der Waals surface area contributed by atoms with Gasteiger partial charge in [-0.25, -0.2) is 4.79 Å². The summed E-state index contributed by atoms with van der Waals surface area (Å²) in [4.78, 5) is 22.0. The zero-order valence-electron chi connectivity index (χ0n) is 10.5. The van der Waals surface area contributed by atoms with Crippen molar-refractivity contribution >= 4 is 6.09 Å². The molecule has 1 unspecified atom stereocenters. The van der Waals surface area contributed by atoms with Crippen LogP contribution in [0.25, 0.3) is 0 Å². The van der Waals surface area contributed by atoms with Crippen LogP contribution in [0.3, 0.4) is 0 Å². The van der Waals surface area contributed by atoms with Gasteiger partial charge < -0.3 is 15.2 Å². The predicted octanol–water partition coefficient (Wildman–Crippen LogP) is 1.56. The van der Waals surface area contributed by atoms with Crippen LogP contribution in [0, 0.1) is 4.91 Å². The van der Waals surface area contributed by atoms with E-state index in [2.05, 4.69) is 10.5 Å². The summed E-state index contributed by atoms with van der Waals surface area (Å²) in [5.41, 5.74) is -0.541. The molecule has 1 aliphatic carbocycles. The van der Waals surface area contributed by atoms with Crippen molar-refractivity contribution in [1.82, 2.24) is 5.32 Å². The fourth-order valence-corrected chi connectivity index (χ4v) is 1.85. The standard InChI is InChI=1S/C11H20N2O4/c1-11(2,3)17-10(15)12-7-4-5-9(14)8(6-7)13-16/h7-9,14H,4-6H2,1-3H3,(H,12,15)/t7?,8-,9+/m0/s1. The van der Waals surface area contributed by atoms with Gasteiger partial charge in [0.05, 0.1) is 6.10 Å². The van der Waals surface area contributed by atoms with E-state index in [1.165, 1.54) is 0 Å². The van der Waals surface area contributed by atoms with Gasteiger partial charge >= 0.3 is 6.09 Å². The number of ether oxygens (including phenoxy) is 1. The molecule has 6 heteroatoms. The Bertz CT molecular complexity index is 288. The number of nitrogens with one attached hydrogen (secondary N) is 1. The number of aliphatic hydroxyl groups is 1. The van der Waals surface area contributed by atoms with Gasteiger partial charge in [-0.2, -0.15) is 4.91 Å². The summed E-state index contributed by atoms with van der Waals surface area (Å²) < 4.78 is 5.11. The van der Waals surface area contributed by atoms with Crippen LogP contribution in [0.15, 0.2) is 5.18 Å². The molecular weight excluding hydrogens is 224 g/mol. The maximum Gasteiger partial charge on any atom is 0.407 e. The summed E-state index contributed by atoms with van der Waals surface area (Å²) in [5.74, 6) is 0. The Labute approximate surface area is 101 Å². The Morgan fingerprint density at radius 3 is 2.59 bits per heavy atom. The molecule has 0 aromatic rings. The number of rotatable bonds is 2. The molecule has 1 saturated carbocycles. The first-order valence-corrected chi connectivity index (χ1v) is 5.82. The molecular formula is C11H20N2O4. The normalized spacial score (nSPS) is 29.5. The van der Waals surface area contributed by atoms with Crippen LogP contribution in [0.4, 0.5) is 4.79 Å². The van der Waals surface area contributed by atoms with Gasteiger partial charge in [-0.3, -0.25) is 0 Å². The first-order valence-electron chi connectivity index (χ1n) is 5.82. The highest BCUT2D eigenvalue weighted by Crippen LogP contribution is 2.22. The van der Waals surface area contributed by atoms with E-state index in [-0.39, 0.29) is 6.04 Å². The minimum atomic E-state index is -0.691. The summed E-state index contributed by atoms with van der Waals surface area (Å²) in [6, 6.07) is -0.792. The van der Waals surface area contributed by atoms with Crippen molar-refractivity contribution in [2.75, 3.05) is 0 Å². The van der Waals surface area contributed by atoms with Gasteiger partial charge in [-0.05, 0) is 40.0 Å². The minimum absolute atomic E-state index is 0.157. The van der Waals surface area contributed by atoms with E-state index in [9.17, 15) is 14.8 Å². The van der Waals surface area contributed by atoms with Gasteiger partial charge in [-0.1, -0.05) is 5.18 Å². The van der Waals surface area contributed by atoms with Crippen LogP contribution in [0.5, 0.6) is 0 Å². The Balaban J connectivity index is 2.42. The number of carbonyl (C=O) groups excluding carboxylic acids is 1. The topological polar surface area (TPSA) is 88.0 Å². The van der Waals surface area contributed by atoms with Gasteiger partial charge in [0.1, 0.15) is 11.6 Å². The molecule has 0 radical (unpaired) electrons. The van der Waals surface area contributed by atoms with Gasteiger partial charge in [0.25, 0.3) is 0 Å². The molecule has 1 rings (SSSR count). The molecule has 3 atom stereocenters. The van der Waals surface area contributed by atoms with E-state index >= 15 is 0 Å². The van der Waals surface area contributed by atoms with Crippen LogP contribution in [-0.4, -0.2) is 35.0 Å². The first-order chi connectivity index (χ1) is 7.81. The molecule has 0 bridgehead atoms. The van der Waals surface area contributed by atoms with E-state index in [1.54, 1.807) is 20.8 Å². The SMILES string of the molecule is CC(C)(C)OC(=O)NC1CC[C@@H](O)[C@@H](N=O)C1. The molecule has 0 aromatic heterocycles. The average Bonchev–Trinajstić information content (AvgIpc) is 2.18. The second-order valence-electron chi connectivity index (χ2n) is 5.40. The fraction of sp³-hybridized carbons (Fsp3) is 0.909. The largest absolute Gasteiger partial charge is 0.444 e. The molecule has 0 aliphatic heterocycles. The minimum Gasteiger partial charge on any atom is -0.444 e. The molecule has 6 nitrogen and oxygen atoms in total. The van der Waals surface area contributed by atoms with E-state index < -0.39 is 23.8 Å². The van der Waals surface area contributed by atoms with Crippen LogP contribution >= 0.6 is 0 Å².